The van der Waals surface area contributed by atoms with Crippen molar-refractivity contribution in [2.24, 2.45) is 5.92 Å². The Labute approximate surface area is 127 Å². The van der Waals surface area contributed by atoms with Crippen LogP contribution in [0.4, 0.5) is 0 Å². The van der Waals surface area contributed by atoms with Gasteiger partial charge in [-0.1, -0.05) is 18.2 Å². The van der Waals surface area contributed by atoms with Crippen LogP contribution in [-0.4, -0.2) is 44.1 Å². The first-order valence-corrected chi connectivity index (χ1v) is 7.88. The van der Waals surface area contributed by atoms with Crippen LogP contribution in [0.1, 0.15) is 25.7 Å². The predicted octanol–water partition coefficient (Wildman–Crippen LogP) is 2.30. The summed E-state index contributed by atoms with van der Waals surface area (Å²) in [5.41, 5.74) is 0. The summed E-state index contributed by atoms with van der Waals surface area (Å²) in [5, 5.41) is 3.37. The highest BCUT2D eigenvalue weighted by molar-refractivity contribution is 5.75. The first-order chi connectivity index (χ1) is 10.3. The summed E-state index contributed by atoms with van der Waals surface area (Å²) in [4.78, 5) is 13.9. The molecular formula is C17H26N2O2. The molecule has 0 aliphatic carbocycles. The van der Waals surface area contributed by atoms with E-state index in [4.69, 9.17) is 4.74 Å². The van der Waals surface area contributed by atoms with Crippen molar-refractivity contribution >= 4 is 5.91 Å². The van der Waals surface area contributed by atoms with E-state index in [1.54, 1.807) is 0 Å². The fourth-order valence-electron chi connectivity index (χ4n) is 2.64. The van der Waals surface area contributed by atoms with Crippen LogP contribution in [0.15, 0.2) is 30.3 Å². The molecule has 0 atom stereocenters. The van der Waals surface area contributed by atoms with Gasteiger partial charge in [-0.25, -0.2) is 0 Å². The van der Waals surface area contributed by atoms with E-state index in [2.05, 4.69) is 5.32 Å². The zero-order valence-electron chi connectivity index (χ0n) is 12.9. The van der Waals surface area contributed by atoms with Gasteiger partial charge in [0.2, 0.25) is 5.91 Å². The summed E-state index contributed by atoms with van der Waals surface area (Å²) >= 11 is 0. The number of para-hydroxylation sites is 1. The van der Waals surface area contributed by atoms with Gasteiger partial charge in [0.1, 0.15) is 5.75 Å². The summed E-state index contributed by atoms with van der Waals surface area (Å²) in [5.74, 6) is 1.75. The van der Waals surface area contributed by atoms with Crippen LogP contribution < -0.4 is 10.1 Å². The molecule has 0 aromatic heterocycles. The minimum atomic E-state index is 0.167. The molecule has 1 fully saturated rings. The van der Waals surface area contributed by atoms with Gasteiger partial charge < -0.3 is 15.0 Å². The molecule has 1 aromatic rings. The predicted molar refractivity (Wildman–Crippen MR) is 84.4 cm³/mol. The van der Waals surface area contributed by atoms with Crippen LogP contribution in [0.5, 0.6) is 5.75 Å². The largest absolute Gasteiger partial charge is 0.493 e. The number of hydrogen-bond acceptors (Lipinski definition) is 3. The third kappa shape index (κ3) is 5.76. The lowest BCUT2D eigenvalue weighted by Gasteiger charge is -2.25. The van der Waals surface area contributed by atoms with Gasteiger partial charge in [-0.2, -0.15) is 0 Å². The molecule has 1 aliphatic heterocycles. The van der Waals surface area contributed by atoms with Crippen LogP contribution >= 0.6 is 0 Å². The zero-order chi connectivity index (χ0) is 14.9. The number of piperidine rings is 1. The third-order valence-electron chi connectivity index (χ3n) is 4.09. The molecule has 4 heteroatoms. The molecule has 1 aliphatic rings. The maximum atomic E-state index is 12.0. The van der Waals surface area contributed by atoms with Gasteiger partial charge in [-0.3, -0.25) is 4.79 Å². The fourth-order valence-corrected chi connectivity index (χ4v) is 2.64. The second-order valence-electron chi connectivity index (χ2n) is 5.71. The molecule has 0 spiro atoms. The van der Waals surface area contributed by atoms with E-state index in [9.17, 15) is 4.79 Å². The van der Waals surface area contributed by atoms with Crippen LogP contribution in [0.25, 0.3) is 0 Å². The number of hydrogen-bond donors (Lipinski definition) is 1. The number of ether oxygens (including phenoxy) is 1. The highest BCUT2D eigenvalue weighted by atomic mass is 16.5. The number of rotatable bonds is 7. The SMILES string of the molecule is CN(CCC1CCNCC1)C(=O)CCOc1ccccc1. The van der Waals surface area contributed by atoms with Gasteiger partial charge in [0.05, 0.1) is 13.0 Å². The van der Waals surface area contributed by atoms with Crippen molar-refractivity contribution < 1.29 is 9.53 Å². The third-order valence-corrected chi connectivity index (χ3v) is 4.09. The fraction of sp³-hybridized carbons (Fsp3) is 0.588. The molecule has 116 valence electrons. The molecule has 1 N–H and O–H groups in total. The molecule has 0 bridgehead atoms. The maximum Gasteiger partial charge on any atom is 0.225 e. The van der Waals surface area contributed by atoms with Crippen LogP contribution in [0.3, 0.4) is 0 Å². The lowest BCUT2D eigenvalue weighted by molar-refractivity contribution is -0.130. The van der Waals surface area contributed by atoms with Gasteiger partial charge >= 0.3 is 0 Å². The lowest BCUT2D eigenvalue weighted by Crippen LogP contribution is -2.33. The van der Waals surface area contributed by atoms with E-state index in [1.807, 2.05) is 42.3 Å². The van der Waals surface area contributed by atoms with Crippen molar-refractivity contribution in [2.45, 2.75) is 25.7 Å². The molecule has 2 rings (SSSR count). The smallest absolute Gasteiger partial charge is 0.225 e. The average molecular weight is 290 g/mol. The van der Waals surface area contributed by atoms with Crippen molar-refractivity contribution in [2.75, 3.05) is 33.3 Å². The number of nitrogens with zero attached hydrogens (tertiary/aromatic N) is 1. The number of carbonyl (C=O) groups excluding carboxylic acids is 1. The normalized spacial score (nSPS) is 15.7. The van der Waals surface area contributed by atoms with Gasteiger partial charge in [-0.15, -0.1) is 0 Å². The molecule has 0 radical (unpaired) electrons. The summed E-state index contributed by atoms with van der Waals surface area (Å²) in [7, 11) is 1.89. The Hall–Kier alpha value is -1.55. The minimum absolute atomic E-state index is 0.167. The van der Waals surface area contributed by atoms with Crippen molar-refractivity contribution in [3.63, 3.8) is 0 Å². The Morgan fingerprint density at radius 1 is 1.29 bits per heavy atom. The van der Waals surface area contributed by atoms with Crippen molar-refractivity contribution in [3.05, 3.63) is 30.3 Å². The van der Waals surface area contributed by atoms with Gasteiger partial charge in [0.15, 0.2) is 0 Å². The number of amides is 1. The van der Waals surface area contributed by atoms with E-state index in [0.29, 0.717) is 13.0 Å². The molecule has 0 saturated carbocycles. The van der Waals surface area contributed by atoms with Crippen LogP contribution in [0, 0.1) is 5.92 Å². The Kier molecular flexibility index (Phi) is 6.54. The highest BCUT2D eigenvalue weighted by Crippen LogP contribution is 2.16. The highest BCUT2D eigenvalue weighted by Gasteiger charge is 2.15. The maximum absolute atomic E-state index is 12.0. The summed E-state index contributed by atoms with van der Waals surface area (Å²) in [6.07, 6.45) is 4.03. The Bertz CT molecular complexity index is 416. The summed E-state index contributed by atoms with van der Waals surface area (Å²) in [6.45, 7) is 3.54. The molecule has 1 aromatic carbocycles. The lowest BCUT2D eigenvalue weighted by atomic mass is 9.94. The Balaban J connectivity index is 1.60. The summed E-state index contributed by atoms with van der Waals surface area (Å²) < 4.78 is 5.57. The number of nitrogens with one attached hydrogen (secondary N) is 1. The molecule has 21 heavy (non-hydrogen) atoms. The van der Waals surface area contributed by atoms with E-state index in [1.165, 1.54) is 12.8 Å². The molecular weight excluding hydrogens is 264 g/mol. The topological polar surface area (TPSA) is 41.6 Å². The number of carbonyl (C=O) groups is 1. The average Bonchev–Trinajstić information content (AvgIpc) is 2.54. The second-order valence-corrected chi connectivity index (χ2v) is 5.71. The van der Waals surface area contributed by atoms with Crippen molar-refractivity contribution in [3.8, 4) is 5.75 Å². The number of benzene rings is 1. The minimum Gasteiger partial charge on any atom is -0.493 e. The van der Waals surface area contributed by atoms with Crippen LogP contribution in [-0.2, 0) is 4.79 Å². The first-order valence-electron chi connectivity index (χ1n) is 7.88. The zero-order valence-corrected chi connectivity index (χ0v) is 12.9. The van der Waals surface area contributed by atoms with E-state index >= 15 is 0 Å². The van der Waals surface area contributed by atoms with Crippen LogP contribution in [0.2, 0.25) is 0 Å². The molecule has 1 saturated heterocycles. The van der Waals surface area contributed by atoms with E-state index in [0.717, 1.165) is 37.7 Å². The Morgan fingerprint density at radius 2 is 2.00 bits per heavy atom. The second kappa shape index (κ2) is 8.67. The van der Waals surface area contributed by atoms with Gasteiger partial charge in [0, 0.05) is 13.6 Å². The van der Waals surface area contributed by atoms with Crippen molar-refractivity contribution in [1.29, 1.82) is 0 Å². The standard InChI is InChI=1S/C17H26N2O2/c1-19(13-9-15-7-11-18-12-8-15)17(20)10-14-21-16-5-3-2-4-6-16/h2-6,15,18H,7-14H2,1H3. The van der Waals surface area contributed by atoms with E-state index in [-0.39, 0.29) is 5.91 Å². The summed E-state index contributed by atoms with van der Waals surface area (Å²) in [6, 6.07) is 9.63. The molecule has 0 unspecified atom stereocenters. The quantitative estimate of drug-likeness (QED) is 0.838. The Morgan fingerprint density at radius 3 is 2.71 bits per heavy atom. The van der Waals surface area contributed by atoms with Gasteiger partial charge in [0.25, 0.3) is 0 Å². The monoisotopic (exact) mass is 290 g/mol. The van der Waals surface area contributed by atoms with E-state index < -0.39 is 0 Å². The molecule has 4 nitrogen and oxygen atoms in total. The first kappa shape index (κ1) is 15.8. The molecule has 1 amide bonds. The molecule has 1 heterocycles. The van der Waals surface area contributed by atoms with Gasteiger partial charge in [-0.05, 0) is 50.4 Å². The van der Waals surface area contributed by atoms with Crippen molar-refractivity contribution in [1.82, 2.24) is 10.2 Å².